The summed E-state index contributed by atoms with van der Waals surface area (Å²) in [5.74, 6) is -1.06. The number of rotatable bonds is 7. The Kier molecular flexibility index (Phi) is 6.13. The highest BCUT2D eigenvalue weighted by Gasteiger charge is 2.19. The van der Waals surface area contributed by atoms with Crippen LogP contribution >= 0.6 is 0 Å². The Morgan fingerprint density at radius 1 is 1.00 bits per heavy atom. The molecule has 0 aromatic heterocycles. The van der Waals surface area contributed by atoms with Gasteiger partial charge in [-0.3, -0.25) is 29.8 Å². The molecule has 0 saturated carbocycles. The highest BCUT2D eigenvalue weighted by atomic mass is 16.6. The first-order chi connectivity index (χ1) is 10.7. The molecule has 0 aliphatic carbocycles. The van der Waals surface area contributed by atoms with E-state index < -0.39 is 27.1 Å². The van der Waals surface area contributed by atoms with Crippen molar-refractivity contribution in [2.75, 3.05) is 13.1 Å². The smallest absolute Gasteiger partial charge is 0.277 e. The number of nitrogens with one attached hydrogen (secondary N) is 2. The van der Waals surface area contributed by atoms with Crippen molar-refractivity contribution < 1.29 is 19.4 Å². The summed E-state index contributed by atoms with van der Waals surface area (Å²) in [5, 5.41) is 26.5. The van der Waals surface area contributed by atoms with Gasteiger partial charge in [-0.05, 0) is 0 Å². The predicted molar refractivity (Wildman–Crippen MR) is 79.9 cm³/mol. The summed E-state index contributed by atoms with van der Waals surface area (Å²) < 4.78 is 0. The minimum absolute atomic E-state index is 0.0911. The molecule has 0 fully saturated rings. The van der Waals surface area contributed by atoms with Crippen LogP contribution in [0, 0.1) is 26.1 Å². The van der Waals surface area contributed by atoms with Crippen LogP contribution in [0.5, 0.6) is 0 Å². The zero-order valence-corrected chi connectivity index (χ0v) is 12.6. The van der Waals surface area contributed by atoms with Gasteiger partial charge in [0.2, 0.25) is 5.91 Å². The van der Waals surface area contributed by atoms with E-state index >= 15 is 0 Å². The Balaban J connectivity index is 2.74. The third-order valence-corrected chi connectivity index (χ3v) is 2.82. The molecule has 0 aliphatic rings. The summed E-state index contributed by atoms with van der Waals surface area (Å²) in [4.78, 5) is 43.1. The van der Waals surface area contributed by atoms with Crippen LogP contribution in [0.4, 0.5) is 11.4 Å². The SMILES string of the molecule is CC(C)C(=O)NCCNC(=O)c1cc([N+](=O)[O-])cc([N+](=O)[O-])c1. The lowest BCUT2D eigenvalue weighted by molar-refractivity contribution is -0.394. The van der Waals surface area contributed by atoms with Gasteiger partial charge in [-0.15, -0.1) is 0 Å². The Morgan fingerprint density at radius 3 is 1.91 bits per heavy atom. The van der Waals surface area contributed by atoms with E-state index in [1.165, 1.54) is 0 Å². The summed E-state index contributed by atoms with van der Waals surface area (Å²) in [6.07, 6.45) is 0. The summed E-state index contributed by atoms with van der Waals surface area (Å²) in [7, 11) is 0. The number of hydrogen-bond acceptors (Lipinski definition) is 6. The van der Waals surface area contributed by atoms with E-state index in [0.29, 0.717) is 0 Å². The topological polar surface area (TPSA) is 144 Å². The number of nitro benzene ring substituents is 2. The van der Waals surface area contributed by atoms with Gasteiger partial charge in [0, 0.05) is 31.1 Å². The van der Waals surface area contributed by atoms with E-state index in [9.17, 15) is 29.8 Å². The Hall–Kier alpha value is -3.04. The fraction of sp³-hybridized carbons (Fsp3) is 0.385. The normalized spacial score (nSPS) is 10.2. The minimum atomic E-state index is -0.813. The molecule has 0 atom stereocenters. The second kappa shape index (κ2) is 7.82. The lowest BCUT2D eigenvalue weighted by Gasteiger charge is -2.08. The largest absolute Gasteiger partial charge is 0.354 e. The summed E-state index contributed by atoms with van der Waals surface area (Å²) in [6.45, 7) is 3.71. The number of benzene rings is 1. The molecular weight excluding hydrogens is 308 g/mol. The number of non-ortho nitro benzene ring substituents is 2. The van der Waals surface area contributed by atoms with Gasteiger partial charge in [-0.2, -0.15) is 0 Å². The van der Waals surface area contributed by atoms with Crippen LogP contribution in [0.25, 0.3) is 0 Å². The molecule has 10 nitrogen and oxygen atoms in total. The number of carbonyl (C=O) groups is 2. The minimum Gasteiger partial charge on any atom is -0.354 e. The second-order valence-electron chi connectivity index (χ2n) is 4.95. The van der Waals surface area contributed by atoms with Crippen molar-refractivity contribution in [3.63, 3.8) is 0 Å². The van der Waals surface area contributed by atoms with Crippen LogP contribution in [0.3, 0.4) is 0 Å². The molecule has 0 aliphatic heterocycles. The van der Waals surface area contributed by atoms with Gasteiger partial charge in [-0.25, -0.2) is 0 Å². The molecule has 2 amide bonds. The van der Waals surface area contributed by atoms with Crippen LogP contribution in [0.15, 0.2) is 18.2 Å². The van der Waals surface area contributed by atoms with E-state index in [0.717, 1.165) is 18.2 Å². The van der Waals surface area contributed by atoms with E-state index in [4.69, 9.17) is 0 Å². The van der Waals surface area contributed by atoms with Gasteiger partial charge >= 0.3 is 0 Å². The van der Waals surface area contributed by atoms with E-state index in [1.807, 2.05) is 0 Å². The molecule has 1 rings (SSSR count). The Labute approximate surface area is 131 Å². The molecule has 0 saturated heterocycles. The first-order valence-electron chi connectivity index (χ1n) is 6.72. The molecule has 124 valence electrons. The molecule has 2 N–H and O–H groups in total. The van der Waals surface area contributed by atoms with Crippen LogP contribution in [0.1, 0.15) is 24.2 Å². The average Bonchev–Trinajstić information content (AvgIpc) is 2.50. The third-order valence-electron chi connectivity index (χ3n) is 2.82. The molecule has 0 radical (unpaired) electrons. The maximum absolute atomic E-state index is 11.9. The van der Waals surface area contributed by atoms with E-state index in [1.54, 1.807) is 13.8 Å². The van der Waals surface area contributed by atoms with Gasteiger partial charge in [-0.1, -0.05) is 13.8 Å². The van der Waals surface area contributed by atoms with Gasteiger partial charge in [0.25, 0.3) is 17.3 Å². The van der Waals surface area contributed by atoms with Crippen molar-refractivity contribution in [1.82, 2.24) is 10.6 Å². The molecule has 10 heteroatoms. The van der Waals surface area contributed by atoms with Gasteiger partial charge in [0.05, 0.1) is 21.5 Å². The summed E-state index contributed by atoms with van der Waals surface area (Å²) in [5.41, 5.74) is -1.28. The highest BCUT2D eigenvalue weighted by molar-refractivity contribution is 5.95. The summed E-state index contributed by atoms with van der Waals surface area (Å²) >= 11 is 0. The quantitative estimate of drug-likeness (QED) is 0.435. The zero-order chi connectivity index (χ0) is 17.6. The molecule has 1 aromatic carbocycles. The zero-order valence-electron chi connectivity index (χ0n) is 12.6. The van der Waals surface area contributed by atoms with E-state index in [2.05, 4.69) is 10.6 Å². The van der Waals surface area contributed by atoms with Crippen LogP contribution < -0.4 is 10.6 Å². The fourth-order valence-corrected chi connectivity index (χ4v) is 1.60. The van der Waals surface area contributed by atoms with Gasteiger partial charge < -0.3 is 10.6 Å². The maximum Gasteiger partial charge on any atom is 0.277 e. The van der Waals surface area contributed by atoms with Gasteiger partial charge in [0.15, 0.2) is 0 Å². The molecular formula is C13H16N4O6. The van der Waals surface area contributed by atoms with E-state index in [-0.39, 0.29) is 30.5 Å². The predicted octanol–water partition coefficient (Wildman–Crippen LogP) is 1.00. The number of nitro groups is 2. The number of amides is 2. The number of nitrogens with zero attached hydrogens (tertiary/aromatic N) is 2. The van der Waals surface area contributed by atoms with Crippen molar-refractivity contribution in [2.45, 2.75) is 13.8 Å². The number of carbonyl (C=O) groups excluding carboxylic acids is 2. The fourth-order valence-electron chi connectivity index (χ4n) is 1.60. The van der Waals surface area contributed by atoms with Crippen molar-refractivity contribution in [1.29, 1.82) is 0 Å². The first-order valence-corrected chi connectivity index (χ1v) is 6.72. The molecule has 0 spiro atoms. The molecule has 0 unspecified atom stereocenters. The Bertz CT molecular complexity index is 611. The van der Waals surface area contributed by atoms with Crippen LogP contribution in [0.2, 0.25) is 0 Å². The maximum atomic E-state index is 11.9. The molecule has 1 aromatic rings. The standard InChI is InChI=1S/C13H16N4O6/c1-8(2)12(18)14-3-4-15-13(19)9-5-10(16(20)21)7-11(6-9)17(22)23/h5-8H,3-4H2,1-2H3,(H,14,18)(H,15,19). The van der Waals surface area contributed by atoms with Gasteiger partial charge in [0.1, 0.15) is 0 Å². The highest BCUT2D eigenvalue weighted by Crippen LogP contribution is 2.22. The summed E-state index contributed by atoms with van der Waals surface area (Å²) in [6, 6.07) is 2.68. The number of hydrogen-bond donors (Lipinski definition) is 2. The monoisotopic (exact) mass is 324 g/mol. The van der Waals surface area contributed by atoms with Crippen molar-refractivity contribution in [3.8, 4) is 0 Å². The molecule has 23 heavy (non-hydrogen) atoms. The Morgan fingerprint density at radius 2 is 1.48 bits per heavy atom. The first kappa shape index (κ1) is 18.0. The second-order valence-corrected chi connectivity index (χ2v) is 4.95. The average molecular weight is 324 g/mol. The lowest BCUT2D eigenvalue weighted by Crippen LogP contribution is -2.36. The van der Waals surface area contributed by atoms with Crippen LogP contribution in [-0.4, -0.2) is 34.8 Å². The third kappa shape index (κ3) is 5.34. The lowest BCUT2D eigenvalue weighted by atomic mass is 10.1. The van der Waals surface area contributed by atoms with Crippen molar-refractivity contribution >= 4 is 23.2 Å². The van der Waals surface area contributed by atoms with Crippen molar-refractivity contribution in [3.05, 3.63) is 44.0 Å². The molecule has 0 bridgehead atoms. The molecule has 0 heterocycles. The van der Waals surface area contributed by atoms with Crippen LogP contribution in [-0.2, 0) is 4.79 Å². The van der Waals surface area contributed by atoms with Crippen molar-refractivity contribution in [2.24, 2.45) is 5.92 Å².